The van der Waals surface area contributed by atoms with E-state index in [-0.39, 0.29) is 5.75 Å². The van der Waals surface area contributed by atoms with Crippen LogP contribution in [0.4, 0.5) is 10.1 Å². The molecule has 0 unspecified atom stereocenters. The minimum absolute atomic E-state index is 0.297. The van der Waals surface area contributed by atoms with Crippen LogP contribution in [0.5, 0.6) is 5.75 Å². The second kappa shape index (κ2) is 6.91. The van der Waals surface area contributed by atoms with Crippen molar-refractivity contribution in [2.24, 2.45) is 0 Å². The second-order valence-electron chi connectivity index (χ2n) is 4.50. The average Bonchev–Trinajstić information content (AvgIpc) is 2.47. The van der Waals surface area contributed by atoms with Gasteiger partial charge in [0.25, 0.3) is 0 Å². The van der Waals surface area contributed by atoms with Crippen LogP contribution in [0, 0.1) is 5.82 Å². The van der Waals surface area contributed by atoms with E-state index in [1.807, 2.05) is 24.3 Å². The number of hydrogen-bond donors (Lipinski definition) is 2. The summed E-state index contributed by atoms with van der Waals surface area (Å²) in [5.41, 5.74) is 2.63. The van der Waals surface area contributed by atoms with Gasteiger partial charge in [-0.3, -0.25) is 0 Å². The topological polar surface area (TPSA) is 41.5 Å². The van der Waals surface area contributed by atoms with Crippen molar-refractivity contribution < 1.29 is 14.2 Å². The highest BCUT2D eigenvalue weighted by Gasteiger charge is 2.07. The molecule has 0 amide bonds. The summed E-state index contributed by atoms with van der Waals surface area (Å²) < 4.78 is 18.3. The van der Waals surface area contributed by atoms with Crippen molar-refractivity contribution in [2.45, 2.75) is 13.0 Å². The fraction of sp³-hybridized carbons (Fsp3) is 0.250. The van der Waals surface area contributed by atoms with Gasteiger partial charge in [-0.15, -0.1) is 0 Å². The third-order valence-corrected chi connectivity index (χ3v) is 3.13. The zero-order chi connectivity index (χ0) is 14.4. The molecule has 0 aromatic heterocycles. The van der Waals surface area contributed by atoms with Gasteiger partial charge in [0.15, 0.2) is 11.6 Å². The number of methoxy groups -OCH3 is 1. The molecule has 2 aromatic rings. The summed E-state index contributed by atoms with van der Waals surface area (Å²) in [6, 6.07) is 12.4. The maximum atomic E-state index is 13.3. The summed E-state index contributed by atoms with van der Waals surface area (Å²) in [7, 11) is 1.67. The summed E-state index contributed by atoms with van der Waals surface area (Å²) in [6.07, 6.45) is 0.800. The Morgan fingerprint density at radius 2 is 1.85 bits per heavy atom. The van der Waals surface area contributed by atoms with E-state index in [1.165, 1.54) is 6.07 Å². The van der Waals surface area contributed by atoms with E-state index >= 15 is 0 Å². The predicted molar refractivity (Wildman–Crippen MR) is 77.4 cm³/mol. The van der Waals surface area contributed by atoms with Crippen molar-refractivity contribution in [1.82, 2.24) is 0 Å². The molecule has 0 saturated heterocycles. The maximum absolute atomic E-state index is 13.3. The highest BCUT2D eigenvalue weighted by molar-refractivity contribution is 5.52. The van der Waals surface area contributed by atoms with Gasteiger partial charge in [-0.25, -0.2) is 4.39 Å². The molecule has 4 heteroatoms. The normalized spacial score (nSPS) is 10.5. The molecule has 0 heterocycles. The van der Waals surface area contributed by atoms with E-state index in [4.69, 9.17) is 4.74 Å². The molecule has 0 aliphatic heterocycles. The number of nitrogens with one attached hydrogen (secondary N) is 1. The first-order chi connectivity index (χ1) is 9.72. The number of phenols is 1. The van der Waals surface area contributed by atoms with Gasteiger partial charge in [-0.1, -0.05) is 30.3 Å². The van der Waals surface area contributed by atoms with Crippen molar-refractivity contribution in [3.63, 3.8) is 0 Å². The van der Waals surface area contributed by atoms with Gasteiger partial charge in [-0.2, -0.15) is 0 Å². The second-order valence-corrected chi connectivity index (χ2v) is 4.50. The van der Waals surface area contributed by atoms with Gasteiger partial charge in [0.2, 0.25) is 0 Å². The first-order valence-corrected chi connectivity index (χ1v) is 6.49. The monoisotopic (exact) mass is 275 g/mol. The summed E-state index contributed by atoms with van der Waals surface area (Å²) in [4.78, 5) is 0. The van der Waals surface area contributed by atoms with Gasteiger partial charge >= 0.3 is 0 Å². The van der Waals surface area contributed by atoms with Gasteiger partial charge in [0.1, 0.15) is 0 Å². The largest absolute Gasteiger partial charge is 0.505 e. The van der Waals surface area contributed by atoms with Crippen molar-refractivity contribution in [1.29, 1.82) is 0 Å². The molecule has 2 rings (SSSR count). The van der Waals surface area contributed by atoms with Crippen molar-refractivity contribution in [3.05, 3.63) is 59.4 Å². The molecule has 0 radical (unpaired) electrons. The number of rotatable bonds is 6. The van der Waals surface area contributed by atoms with Crippen LogP contribution < -0.4 is 5.32 Å². The molecule has 0 fully saturated rings. The Morgan fingerprint density at radius 3 is 2.65 bits per heavy atom. The molecular weight excluding hydrogens is 257 g/mol. The summed E-state index contributed by atoms with van der Waals surface area (Å²) in [6.45, 7) is 1.01. The molecule has 0 aliphatic rings. The standard InChI is InChI=1S/C16H18FNO2/c1-20-10-9-12-5-2-3-8-15(12)18-11-13-6-4-7-14(17)16(13)19/h2-8,18-19H,9-11H2,1H3. The molecule has 3 nitrogen and oxygen atoms in total. The molecule has 20 heavy (non-hydrogen) atoms. The van der Waals surface area contributed by atoms with Crippen LogP contribution in [0.15, 0.2) is 42.5 Å². The number of hydrogen-bond acceptors (Lipinski definition) is 3. The van der Waals surface area contributed by atoms with E-state index in [9.17, 15) is 9.50 Å². The fourth-order valence-electron chi connectivity index (χ4n) is 2.02. The zero-order valence-corrected chi connectivity index (χ0v) is 11.4. The molecule has 0 atom stereocenters. The number of phenolic OH excluding ortho intramolecular Hbond substituents is 1. The summed E-state index contributed by atoms with van der Waals surface area (Å²) in [5, 5.41) is 12.9. The van der Waals surface area contributed by atoms with E-state index in [0.717, 1.165) is 17.7 Å². The molecule has 2 N–H and O–H groups in total. The quantitative estimate of drug-likeness (QED) is 0.849. The predicted octanol–water partition coefficient (Wildman–Crippen LogP) is 3.33. The van der Waals surface area contributed by atoms with Crippen molar-refractivity contribution >= 4 is 5.69 Å². The third kappa shape index (κ3) is 3.48. The number of anilines is 1. The number of ether oxygens (including phenoxy) is 1. The molecule has 0 saturated carbocycles. The Balaban J connectivity index is 2.09. The lowest BCUT2D eigenvalue weighted by Crippen LogP contribution is -2.04. The van der Waals surface area contributed by atoms with E-state index < -0.39 is 5.82 Å². The summed E-state index contributed by atoms with van der Waals surface area (Å²) >= 11 is 0. The van der Waals surface area contributed by atoms with Crippen LogP contribution in [-0.4, -0.2) is 18.8 Å². The number of aromatic hydroxyl groups is 1. The molecule has 0 bridgehead atoms. The van der Waals surface area contributed by atoms with Crippen LogP contribution in [0.3, 0.4) is 0 Å². The Bertz CT molecular complexity index is 572. The van der Waals surface area contributed by atoms with Crippen LogP contribution in [0.2, 0.25) is 0 Å². The van der Waals surface area contributed by atoms with Crippen molar-refractivity contribution in [3.8, 4) is 5.75 Å². The minimum Gasteiger partial charge on any atom is -0.505 e. The Labute approximate surface area is 118 Å². The molecule has 0 spiro atoms. The smallest absolute Gasteiger partial charge is 0.165 e. The van der Waals surface area contributed by atoms with Gasteiger partial charge in [0.05, 0.1) is 6.61 Å². The Kier molecular flexibility index (Phi) is 4.96. The van der Waals surface area contributed by atoms with Crippen molar-refractivity contribution in [2.75, 3.05) is 19.0 Å². The third-order valence-electron chi connectivity index (χ3n) is 3.13. The molecule has 106 valence electrons. The van der Waals surface area contributed by atoms with Crippen LogP contribution in [-0.2, 0) is 17.7 Å². The SMILES string of the molecule is COCCc1ccccc1NCc1cccc(F)c1O. The summed E-state index contributed by atoms with van der Waals surface area (Å²) in [5.74, 6) is -0.897. The van der Waals surface area contributed by atoms with Gasteiger partial charge in [0, 0.05) is 24.9 Å². The average molecular weight is 275 g/mol. The number of para-hydroxylation sites is 2. The molecule has 2 aromatic carbocycles. The highest BCUT2D eigenvalue weighted by Crippen LogP contribution is 2.23. The van der Waals surface area contributed by atoms with Crippen LogP contribution in [0.1, 0.15) is 11.1 Å². The minimum atomic E-state index is -0.600. The fourth-order valence-corrected chi connectivity index (χ4v) is 2.02. The maximum Gasteiger partial charge on any atom is 0.165 e. The molecular formula is C16H18FNO2. The van der Waals surface area contributed by atoms with Crippen LogP contribution >= 0.6 is 0 Å². The lowest BCUT2D eigenvalue weighted by atomic mass is 10.1. The van der Waals surface area contributed by atoms with E-state index in [2.05, 4.69) is 5.32 Å². The number of benzene rings is 2. The van der Waals surface area contributed by atoms with Gasteiger partial charge < -0.3 is 15.2 Å². The Morgan fingerprint density at radius 1 is 1.10 bits per heavy atom. The van der Waals surface area contributed by atoms with Crippen LogP contribution in [0.25, 0.3) is 0 Å². The first kappa shape index (κ1) is 14.3. The van der Waals surface area contributed by atoms with Gasteiger partial charge in [-0.05, 0) is 24.1 Å². The highest BCUT2D eigenvalue weighted by atomic mass is 19.1. The van der Waals surface area contributed by atoms with E-state index in [0.29, 0.717) is 18.7 Å². The lowest BCUT2D eigenvalue weighted by molar-refractivity contribution is 0.202. The Hall–Kier alpha value is -2.07. The van der Waals surface area contributed by atoms with E-state index in [1.54, 1.807) is 19.2 Å². The number of halogens is 1. The zero-order valence-electron chi connectivity index (χ0n) is 11.4. The first-order valence-electron chi connectivity index (χ1n) is 6.49. The lowest BCUT2D eigenvalue weighted by Gasteiger charge is -2.12. The molecule has 0 aliphatic carbocycles.